The molecular weight excluding hydrogens is 442 g/mol. The second-order valence-electron chi connectivity index (χ2n) is 6.58. The molecule has 1 heterocycles. The number of hydrogen-bond donors (Lipinski definition) is 2. The van der Waals surface area contributed by atoms with Crippen LogP contribution in [0.5, 0.6) is 5.75 Å². The van der Waals surface area contributed by atoms with E-state index in [2.05, 4.69) is 5.32 Å². The minimum atomic E-state index is -3.78. The lowest BCUT2D eigenvalue weighted by molar-refractivity contribution is -0.115. The molecule has 0 unspecified atom stereocenters. The van der Waals surface area contributed by atoms with E-state index in [-0.39, 0.29) is 35.1 Å². The van der Waals surface area contributed by atoms with Gasteiger partial charge in [0, 0.05) is 18.0 Å². The molecule has 9 nitrogen and oxygen atoms in total. The molecule has 166 valence electrons. The molecule has 31 heavy (non-hydrogen) atoms. The molecular formula is C20H23N3O6S2. The van der Waals surface area contributed by atoms with Crippen LogP contribution in [-0.2, 0) is 19.6 Å². The Bertz CT molecular complexity index is 1070. The van der Waals surface area contributed by atoms with E-state index in [0.717, 1.165) is 0 Å². The van der Waals surface area contributed by atoms with E-state index >= 15 is 0 Å². The molecule has 0 bridgehead atoms. The standard InChI is InChI=1S/C20H23N3O6S2/c1-28-17-7-6-14(31(26,27)23-8-10-29-11-9-23)12-15(17)20(25)22-16-4-2-3-5-18(16)30-13-19(21)24/h2-7,12H,8-11,13H2,1H3,(H2,21,24)(H,22,25). The molecule has 3 rings (SSSR count). The number of para-hydroxylation sites is 1. The number of nitrogens with one attached hydrogen (secondary N) is 1. The first-order valence-electron chi connectivity index (χ1n) is 9.40. The Hall–Kier alpha value is -2.60. The number of methoxy groups -OCH3 is 1. The van der Waals surface area contributed by atoms with Gasteiger partial charge >= 0.3 is 0 Å². The maximum Gasteiger partial charge on any atom is 0.259 e. The molecule has 0 spiro atoms. The summed E-state index contributed by atoms with van der Waals surface area (Å²) in [6.07, 6.45) is 0. The number of hydrogen-bond acceptors (Lipinski definition) is 7. The zero-order valence-corrected chi connectivity index (χ0v) is 18.5. The minimum absolute atomic E-state index is 0.00302. The van der Waals surface area contributed by atoms with Gasteiger partial charge in [0.1, 0.15) is 5.75 Å². The Kier molecular flexibility index (Phi) is 7.55. The Morgan fingerprint density at radius 3 is 2.58 bits per heavy atom. The van der Waals surface area contributed by atoms with Crippen LogP contribution in [-0.4, -0.2) is 63.7 Å². The topological polar surface area (TPSA) is 128 Å². The molecule has 0 aliphatic carbocycles. The number of anilines is 1. The lowest BCUT2D eigenvalue weighted by atomic mass is 10.2. The maximum atomic E-state index is 13.0. The van der Waals surface area contributed by atoms with Crippen LogP contribution in [0.15, 0.2) is 52.3 Å². The number of carbonyl (C=O) groups excluding carboxylic acids is 2. The third-order valence-corrected chi connectivity index (χ3v) is 7.52. The highest BCUT2D eigenvalue weighted by molar-refractivity contribution is 8.00. The number of primary amides is 1. The molecule has 0 saturated carbocycles. The van der Waals surface area contributed by atoms with Crippen LogP contribution in [0.25, 0.3) is 0 Å². The van der Waals surface area contributed by atoms with Crippen LogP contribution >= 0.6 is 11.8 Å². The van der Waals surface area contributed by atoms with Crippen molar-refractivity contribution in [1.82, 2.24) is 4.31 Å². The summed E-state index contributed by atoms with van der Waals surface area (Å²) in [5, 5.41) is 2.76. The Labute approximate surface area is 184 Å². The number of benzene rings is 2. The summed E-state index contributed by atoms with van der Waals surface area (Å²) < 4.78 is 37.8. The van der Waals surface area contributed by atoms with Crippen molar-refractivity contribution in [3.63, 3.8) is 0 Å². The fourth-order valence-electron chi connectivity index (χ4n) is 3.00. The molecule has 1 aliphatic rings. The van der Waals surface area contributed by atoms with Gasteiger partial charge in [-0.2, -0.15) is 4.31 Å². The number of carbonyl (C=O) groups is 2. The number of thioether (sulfide) groups is 1. The number of morpholine rings is 1. The first-order chi connectivity index (χ1) is 14.8. The quantitative estimate of drug-likeness (QED) is 0.566. The van der Waals surface area contributed by atoms with E-state index < -0.39 is 21.8 Å². The highest BCUT2D eigenvalue weighted by atomic mass is 32.2. The van der Waals surface area contributed by atoms with Gasteiger partial charge in [-0.25, -0.2) is 8.42 Å². The SMILES string of the molecule is COc1ccc(S(=O)(=O)N2CCOCC2)cc1C(=O)Nc1ccccc1SCC(N)=O. The molecule has 1 fully saturated rings. The van der Waals surface area contributed by atoms with Crippen LogP contribution in [0.1, 0.15) is 10.4 Å². The molecule has 11 heteroatoms. The summed E-state index contributed by atoms with van der Waals surface area (Å²) in [6.45, 7) is 1.14. The van der Waals surface area contributed by atoms with E-state index in [4.69, 9.17) is 15.2 Å². The molecule has 2 amide bonds. The summed E-state index contributed by atoms with van der Waals surface area (Å²) in [7, 11) is -2.38. The van der Waals surface area contributed by atoms with E-state index in [9.17, 15) is 18.0 Å². The lowest BCUT2D eigenvalue weighted by Gasteiger charge is -2.26. The van der Waals surface area contributed by atoms with Crippen molar-refractivity contribution in [2.75, 3.05) is 44.5 Å². The molecule has 2 aromatic rings. The van der Waals surface area contributed by atoms with Crippen molar-refractivity contribution in [2.24, 2.45) is 5.73 Å². The van der Waals surface area contributed by atoms with Crippen LogP contribution in [0.4, 0.5) is 5.69 Å². The monoisotopic (exact) mass is 465 g/mol. The van der Waals surface area contributed by atoms with Gasteiger partial charge in [0.05, 0.1) is 42.2 Å². The van der Waals surface area contributed by atoms with Crippen LogP contribution in [0, 0.1) is 0 Å². The first kappa shape index (κ1) is 23.1. The summed E-state index contributed by atoms with van der Waals surface area (Å²) in [6, 6.07) is 11.1. The number of sulfonamides is 1. The smallest absolute Gasteiger partial charge is 0.259 e. The fourth-order valence-corrected chi connectivity index (χ4v) is 5.18. The first-order valence-corrected chi connectivity index (χ1v) is 11.8. The fraction of sp³-hybridized carbons (Fsp3) is 0.300. The van der Waals surface area contributed by atoms with Crippen molar-refractivity contribution in [3.8, 4) is 5.75 Å². The number of nitrogens with zero attached hydrogens (tertiary/aromatic N) is 1. The van der Waals surface area contributed by atoms with Gasteiger partial charge in [0.25, 0.3) is 5.91 Å². The van der Waals surface area contributed by atoms with E-state index in [1.807, 2.05) is 0 Å². The summed E-state index contributed by atoms with van der Waals surface area (Å²) in [5.41, 5.74) is 5.76. The van der Waals surface area contributed by atoms with Crippen LogP contribution in [0.3, 0.4) is 0 Å². The van der Waals surface area contributed by atoms with Gasteiger partial charge in [0.2, 0.25) is 15.9 Å². The van der Waals surface area contributed by atoms with Crippen molar-refractivity contribution in [3.05, 3.63) is 48.0 Å². The van der Waals surface area contributed by atoms with Crippen LogP contribution < -0.4 is 15.8 Å². The predicted octanol–water partition coefficient (Wildman–Crippen LogP) is 1.55. The molecule has 1 aliphatic heterocycles. The highest BCUT2D eigenvalue weighted by Crippen LogP contribution is 2.29. The highest BCUT2D eigenvalue weighted by Gasteiger charge is 2.28. The second kappa shape index (κ2) is 10.1. The van der Waals surface area contributed by atoms with Gasteiger partial charge in [-0.3, -0.25) is 9.59 Å². The predicted molar refractivity (Wildman–Crippen MR) is 117 cm³/mol. The van der Waals surface area contributed by atoms with Crippen LogP contribution in [0.2, 0.25) is 0 Å². The maximum absolute atomic E-state index is 13.0. The summed E-state index contributed by atoms with van der Waals surface area (Å²) in [4.78, 5) is 24.8. The minimum Gasteiger partial charge on any atom is -0.496 e. The number of rotatable bonds is 8. The molecule has 3 N–H and O–H groups in total. The van der Waals surface area contributed by atoms with Crippen molar-refractivity contribution >= 4 is 39.3 Å². The number of ether oxygens (including phenoxy) is 2. The normalized spacial score (nSPS) is 14.7. The average molecular weight is 466 g/mol. The zero-order valence-electron chi connectivity index (χ0n) is 16.9. The van der Waals surface area contributed by atoms with Gasteiger partial charge in [-0.1, -0.05) is 12.1 Å². The van der Waals surface area contributed by atoms with E-state index in [0.29, 0.717) is 23.8 Å². The average Bonchev–Trinajstić information content (AvgIpc) is 2.78. The third kappa shape index (κ3) is 5.56. The van der Waals surface area contributed by atoms with Crippen molar-refractivity contribution in [1.29, 1.82) is 0 Å². The van der Waals surface area contributed by atoms with Gasteiger partial charge < -0.3 is 20.5 Å². The van der Waals surface area contributed by atoms with E-state index in [1.165, 1.54) is 41.4 Å². The molecule has 1 saturated heterocycles. The van der Waals surface area contributed by atoms with Gasteiger partial charge in [-0.15, -0.1) is 11.8 Å². The third-order valence-electron chi connectivity index (χ3n) is 4.53. The van der Waals surface area contributed by atoms with E-state index in [1.54, 1.807) is 24.3 Å². The lowest BCUT2D eigenvalue weighted by Crippen LogP contribution is -2.40. The summed E-state index contributed by atoms with van der Waals surface area (Å²) in [5.74, 6) is -0.721. The molecule has 0 radical (unpaired) electrons. The largest absolute Gasteiger partial charge is 0.496 e. The molecule has 0 atom stereocenters. The van der Waals surface area contributed by atoms with Gasteiger partial charge in [-0.05, 0) is 30.3 Å². The summed E-state index contributed by atoms with van der Waals surface area (Å²) >= 11 is 1.19. The van der Waals surface area contributed by atoms with Crippen molar-refractivity contribution < 1.29 is 27.5 Å². The zero-order chi connectivity index (χ0) is 22.4. The number of nitrogens with two attached hydrogens (primary N) is 1. The Morgan fingerprint density at radius 1 is 1.19 bits per heavy atom. The second-order valence-corrected chi connectivity index (χ2v) is 9.54. The molecule has 2 aromatic carbocycles. The Balaban J connectivity index is 1.89. The molecule has 0 aromatic heterocycles. The number of amides is 2. The Morgan fingerprint density at radius 2 is 1.90 bits per heavy atom. The van der Waals surface area contributed by atoms with Crippen molar-refractivity contribution in [2.45, 2.75) is 9.79 Å². The van der Waals surface area contributed by atoms with Gasteiger partial charge in [0.15, 0.2) is 0 Å².